The first kappa shape index (κ1) is 14.0. The summed E-state index contributed by atoms with van der Waals surface area (Å²) in [6, 6.07) is 15.1. The van der Waals surface area contributed by atoms with Crippen molar-refractivity contribution in [3.63, 3.8) is 0 Å². The molecule has 5 nitrogen and oxygen atoms in total. The molecule has 2 heterocycles. The van der Waals surface area contributed by atoms with Gasteiger partial charge in [0.05, 0.1) is 0 Å². The zero-order valence-electron chi connectivity index (χ0n) is 12.5. The van der Waals surface area contributed by atoms with Crippen LogP contribution in [0.2, 0.25) is 0 Å². The van der Waals surface area contributed by atoms with Crippen LogP contribution in [-0.2, 0) is 9.53 Å². The first-order valence-corrected chi connectivity index (χ1v) is 7.68. The van der Waals surface area contributed by atoms with E-state index >= 15 is 0 Å². The molecular formula is C18H16N2O3. The predicted molar refractivity (Wildman–Crippen MR) is 87.0 cm³/mol. The van der Waals surface area contributed by atoms with E-state index < -0.39 is 0 Å². The second-order valence-corrected chi connectivity index (χ2v) is 5.56. The number of fused-ring (bicyclic) bond motifs is 1. The van der Waals surface area contributed by atoms with Crippen LogP contribution in [0.4, 0.5) is 5.69 Å². The van der Waals surface area contributed by atoms with Crippen molar-refractivity contribution in [3.05, 3.63) is 48.5 Å². The standard InChI is InChI=1S/C18H16N2O3/c21-17(16-9-4-10-22-16)19-13-6-3-5-12(11-13)18-20-14-7-1-2-8-15(14)23-18/h1-3,5-8,11,16H,4,9-10H2,(H,19,21)/t16-/m0/s1. The fourth-order valence-corrected chi connectivity index (χ4v) is 2.73. The fraction of sp³-hybridized carbons (Fsp3) is 0.222. The van der Waals surface area contributed by atoms with Crippen LogP contribution in [0.1, 0.15) is 12.8 Å². The van der Waals surface area contributed by atoms with Gasteiger partial charge >= 0.3 is 0 Å². The molecule has 5 heteroatoms. The third-order valence-electron chi connectivity index (χ3n) is 3.89. The Hall–Kier alpha value is -2.66. The monoisotopic (exact) mass is 308 g/mol. The summed E-state index contributed by atoms with van der Waals surface area (Å²) in [4.78, 5) is 16.6. The van der Waals surface area contributed by atoms with Crippen LogP contribution < -0.4 is 5.32 Å². The average Bonchev–Trinajstić information content (AvgIpc) is 3.24. The Morgan fingerprint density at radius 2 is 2.09 bits per heavy atom. The molecule has 1 aliphatic heterocycles. The van der Waals surface area contributed by atoms with Gasteiger partial charge in [-0.1, -0.05) is 18.2 Å². The van der Waals surface area contributed by atoms with Gasteiger partial charge in [0.15, 0.2) is 5.58 Å². The van der Waals surface area contributed by atoms with Gasteiger partial charge in [-0.25, -0.2) is 4.98 Å². The molecule has 4 rings (SSSR count). The molecule has 0 unspecified atom stereocenters. The smallest absolute Gasteiger partial charge is 0.253 e. The number of carbonyl (C=O) groups excluding carboxylic acids is 1. The highest BCUT2D eigenvalue weighted by atomic mass is 16.5. The maximum Gasteiger partial charge on any atom is 0.253 e. The molecule has 1 N–H and O–H groups in total. The number of hydrogen-bond donors (Lipinski definition) is 1. The van der Waals surface area contributed by atoms with Crippen LogP contribution >= 0.6 is 0 Å². The summed E-state index contributed by atoms with van der Waals surface area (Å²) in [5.41, 5.74) is 3.10. The van der Waals surface area contributed by atoms with Crippen LogP contribution in [0.5, 0.6) is 0 Å². The van der Waals surface area contributed by atoms with Crippen molar-refractivity contribution in [2.75, 3.05) is 11.9 Å². The molecule has 3 aromatic rings. The Bertz CT molecular complexity index is 817. The van der Waals surface area contributed by atoms with Crippen molar-refractivity contribution in [1.82, 2.24) is 4.98 Å². The Labute approximate surface area is 133 Å². The fourth-order valence-electron chi connectivity index (χ4n) is 2.73. The number of carbonyl (C=O) groups is 1. The third kappa shape index (κ3) is 2.83. The zero-order valence-corrected chi connectivity index (χ0v) is 12.5. The van der Waals surface area contributed by atoms with E-state index in [4.69, 9.17) is 9.15 Å². The van der Waals surface area contributed by atoms with E-state index in [0.717, 1.165) is 29.5 Å². The number of oxazole rings is 1. The number of para-hydroxylation sites is 2. The van der Waals surface area contributed by atoms with E-state index in [1.54, 1.807) is 0 Å². The van der Waals surface area contributed by atoms with Crippen LogP contribution in [0.15, 0.2) is 52.9 Å². The summed E-state index contributed by atoms with van der Waals surface area (Å²) >= 11 is 0. The second-order valence-electron chi connectivity index (χ2n) is 5.56. The minimum absolute atomic E-state index is 0.0998. The number of rotatable bonds is 3. The summed E-state index contributed by atoms with van der Waals surface area (Å²) in [6.45, 7) is 0.654. The number of aromatic nitrogens is 1. The first-order chi connectivity index (χ1) is 11.3. The molecule has 0 radical (unpaired) electrons. The van der Waals surface area contributed by atoms with E-state index in [2.05, 4.69) is 10.3 Å². The second kappa shape index (κ2) is 5.85. The van der Waals surface area contributed by atoms with Crippen LogP contribution in [-0.4, -0.2) is 23.6 Å². The van der Waals surface area contributed by atoms with Gasteiger partial charge in [-0.2, -0.15) is 0 Å². The Kier molecular flexibility index (Phi) is 3.55. The SMILES string of the molecule is O=C(Nc1cccc(-c2nc3ccccc3o2)c1)[C@@H]1CCCO1. The Morgan fingerprint density at radius 3 is 2.91 bits per heavy atom. The summed E-state index contributed by atoms with van der Waals surface area (Å²) in [6.07, 6.45) is 1.36. The Morgan fingerprint density at radius 1 is 1.17 bits per heavy atom. The van der Waals surface area contributed by atoms with Crippen molar-refractivity contribution in [3.8, 4) is 11.5 Å². The van der Waals surface area contributed by atoms with Gasteiger partial charge in [-0.15, -0.1) is 0 Å². The lowest BCUT2D eigenvalue weighted by Gasteiger charge is -2.10. The Balaban J connectivity index is 1.59. The highest BCUT2D eigenvalue weighted by molar-refractivity contribution is 5.94. The van der Waals surface area contributed by atoms with Crippen LogP contribution in [0.3, 0.4) is 0 Å². The van der Waals surface area contributed by atoms with Gasteiger partial charge in [0.1, 0.15) is 11.6 Å². The lowest BCUT2D eigenvalue weighted by Crippen LogP contribution is -2.26. The molecule has 0 aliphatic carbocycles. The molecule has 1 fully saturated rings. The number of hydrogen-bond acceptors (Lipinski definition) is 4. The van der Waals surface area contributed by atoms with Gasteiger partial charge in [0, 0.05) is 17.9 Å². The topological polar surface area (TPSA) is 64.4 Å². The summed E-state index contributed by atoms with van der Waals surface area (Å²) < 4.78 is 11.2. The predicted octanol–water partition coefficient (Wildman–Crippen LogP) is 3.61. The van der Waals surface area contributed by atoms with Gasteiger partial charge in [0.25, 0.3) is 5.91 Å². The van der Waals surface area contributed by atoms with E-state index in [-0.39, 0.29) is 12.0 Å². The van der Waals surface area contributed by atoms with E-state index in [1.807, 2.05) is 48.5 Å². The highest BCUT2D eigenvalue weighted by Crippen LogP contribution is 2.26. The van der Waals surface area contributed by atoms with Gasteiger partial charge < -0.3 is 14.5 Å². The number of benzene rings is 2. The maximum absolute atomic E-state index is 12.1. The molecule has 116 valence electrons. The lowest BCUT2D eigenvalue weighted by atomic mass is 10.2. The molecule has 23 heavy (non-hydrogen) atoms. The first-order valence-electron chi connectivity index (χ1n) is 7.68. The molecular weight excluding hydrogens is 292 g/mol. The van der Waals surface area contributed by atoms with Crippen molar-refractivity contribution in [1.29, 1.82) is 0 Å². The minimum atomic E-state index is -0.344. The lowest BCUT2D eigenvalue weighted by molar-refractivity contribution is -0.124. The van der Waals surface area contributed by atoms with Gasteiger partial charge in [0.2, 0.25) is 5.89 Å². The van der Waals surface area contributed by atoms with Crippen LogP contribution in [0.25, 0.3) is 22.6 Å². The zero-order chi connectivity index (χ0) is 15.6. The molecule has 1 aliphatic rings. The molecule has 1 saturated heterocycles. The van der Waals surface area contributed by atoms with Crippen molar-refractivity contribution >= 4 is 22.7 Å². The number of amides is 1. The van der Waals surface area contributed by atoms with Gasteiger partial charge in [-0.3, -0.25) is 4.79 Å². The molecule has 1 aromatic heterocycles. The number of ether oxygens (including phenoxy) is 1. The molecule has 1 atom stereocenters. The number of anilines is 1. The normalized spacial score (nSPS) is 17.5. The van der Waals surface area contributed by atoms with Gasteiger partial charge in [-0.05, 0) is 43.2 Å². The molecule has 1 amide bonds. The third-order valence-corrected chi connectivity index (χ3v) is 3.89. The quantitative estimate of drug-likeness (QED) is 0.802. The maximum atomic E-state index is 12.1. The van der Waals surface area contributed by atoms with Crippen molar-refractivity contribution in [2.24, 2.45) is 0 Å². The number of nitrogens with one attached hydrogen (secondary N) is 1. The molecule has 0 spiro atoms. The van der Waals surface area contributed by atoms with Crippen molar-refractivity contribution in [2.45, 2.75) is 18.9 Å². The van der Waals surface area contributed by atoms with Crippen LogP contribution in [0, 0.1) is 0 Å². The summed E-state index contributed by atoms with van der Waals surface area (Å²) in [7, 11) is 0. The van der Waals surface area contributed by atoms with E-state index in [0.29, 0.717) is 18.2 Å². The largest absolute Gasteiger partial charge is 0.436 e. The summed E-state index contributed by atoms with van der Waals surface area (Å²) in [5, 5.41) is 2.89. The minimum Gasteiger partial charge on any atom is -0.436 e. The molecule has 0 saturated carbocycles. The number of nitrogens with zero attached hydrogens (tertiary/aromatic N) is 1. The molecule has 2 aromatic carbocycles. The average molecular weight is 308 g/mol. The highest BCUT2D eigenvalue weighted by Gasteiger charge is 2.23. The van der Waals surface area contributed by atoms with E-state index in [1.165, 1.54) is 0 Å². The molecule has 0 bridgehead atoms. The van der Waals surface area contributed by atoms with Crippen molar-refractivity contribution < 1.29 is 13.9 Å². The van der Waals surface area contributed by atoms with E-state index in [9.17, 15) is 4.79 Å². The summed E-state index contributed by atoms with van der Waals surface area (Å²) in [5.74, 6) is 0.441.